The van der Waals surface area contributed by atoms with Crippen molar-refractivity contribution in [1.29, 1.82) is 0 Å². The summed E-state index contributed by atoms with van der Waals surface area (Å²) in [6, 6.07) is 3.37. The molecule has 1 aliphatic rings. The van der Waals surface area contributed by atoms with E-state index in [1.807, 2.05) is 0 Å². The number of amidine groups is 1. The quantitative estimate of drug-likeness (QED) is 0.349. The number of pyridine rings is 1. The zero-order chi connectivity index (χ0) is 12.1. The first-order valence-corrected chi connectivity index (χ1v) is 5.48. The van der Waals surface area contributed by atoms with Gasteiger partial charge in [0.1, 0.15) is 6.61 Å². The van der Waals surface area contributed by atoms with Crippen LogP contribution in [0.15, 0.2) is 23.5 Å². The SMILES string of the molecule is N/C(=N\O)c1ccc(OCC2CCCO2)nc1. The lowest BCUT2D eigenvalue weighted by Gasteiger charge is -2.10. The molecule has 0 saturated carbocycles. The Morgan fingerprint density at radius 1 is 1.65 bits per heavy atom. The predicted molar refractivity (Wildman–Crippen MR) is 61.2 cm³/mol. The van der Waals surface area contributed by atoms with Gasteiger partial charge in [-0.25, -0.2) is 4.98 Å². The first-order valence-electron chi connectivity index (χ1n) is 5.48. The molecule has 0 aliphatic carbocycles. The van der Waals surface area contributed by atoms with E-state index in [9.17, 15) is 0 Å². The Hall–Kier alpha value is -1.82. The van der Waals surface area contributed by atoms with Crippen LogP contribution in [0.25, 0.3) is 0 Å². The van der Waals surface area contributed by atoms with Gasteiger partial charge < -0.3 is 20.4 Å². The maximum Gasteiger partial charge on any atom is 0.213 e. The number of rotatable bonds is 4. The summed E-state index contributed by atoms with van der Waals surface area (Å²) in [6.07, 6.45) is 3.78. The molecule has 17 heavy (non-hydrogen) atoms. The van der Waals surface area contributed by atoms with Crippen LogP contribution in [0.3, 0.4) is 0 Å². The normalized spacial score (nSPS) is 20.5. The van der Waals surface area contributed by atoms with Gasteiger partial charge >= 0.3 is 0 Å². The molecule has 6 heteroatoms. The molecule has 6 nitrogen and oxygen atoms in total. The second-order valence-electron chi connectivity index (χ2n) is 3.82. The zero-order valence-corrected chi connectivity index (χ0v) is 9.37. The van der Waals surface area contributed by atoms with E-state index in [0.29, 0.717) is 18.1 Å². The van der Waals surface area contributed by atoms with Gasteiger partial charge in [-0.1, -0.05) is 5.16 Å². The number of ether oxygens (including phenoxy) is 2. The molecule has 3 N–H and O–H groups in total. The molecular weight excluding hydrogens is 222 g/mol. The van der Waals surface area contributed by atoms with Crippen LogP contribution in [0, 0.1) is 0 Å². The first kappa shape index (κ1) is 11.7. The summed E-state index contributed by atoms with van der Waals surface area (Å²) >= 11 is 0. The van der Waals surface area contributed by atoms with E-state index in [2.05, 4.69) is 10.1 Å². The van der Waals surface area contributed by atoms with Crippen molar-refractivity contribution in [3.8, 4) is 5.88 Å². The van der Waals surface area contributed by atoms with Crippen molar-refractivity contribution in [3.05, 3.63) is 23.9 Å². The highest BCUT2D eigenvalue weighted by atomic mass is 16.5. The standard InChI is InChI=1S/C11H15N3O3/c12-11(14-15)8-3-4-10(13-6-8)17-7-9-2-1-5-16-9/h3-4,6,9,15H,1-2,5,7H2,(H2,12,14). The molecule has 1 unspecified atom stereocenters. The molecule has 2 rings (SSSR count). The van der Waals surface area contributed by atoms with Crippen LogP contribution >= 0.6 is 0 Å². The molecule has 1 aliphatic heterocycles. The molecule has 1 aromatic rings. The Morgan fingerprint density at radius 3 is 3.12 bits per heavy atom. The molecule has 92 valence electrons. The van der Waals surface area contributed by atoms with Gasteiger partial charge in [-0.15, -0.1) is 0 Å². The highest BCUT2D eigenvalue weighted by Gasteiger charge is 2.16. The third kappa shape index (κ3) is 3.07. The van der Waals surface area contributed by atoms with E-state index in [4.69, 9.17) is 20.4 Å². The van der Waals surface area contributed by atoms with Gasteiger partial charge in [0.15, 0.2) is 5.84 Å². The summed E-state index contributed by atoms with van der Waals surface area (Å²) in [5, 5.41) is 11.4. The van der Waals surface area contributed by atoms with Crippen molar-refractivity contribution in [2.24, 2.45) is 10.9 Å². The average Bonchev–Trinajstić information content (AvgIpc) is 2.89. The van der Waals surface area contributed by atoms with Gasteiger partial charge in [0, 0.05) is 24.4 Å². The molecule has 0 bridgehead atoms. The highest BCUT2D eigenvalue weighted by molar-refractivity contribution is 5.96. The van der Waals surface area contributed by atoms with Crippen LogP contribution in [0.1, 0.15) is 18.4 Å². The third-order valence-electron chi connectivity index (χ3n) is 2.58. The van der Waals surface area contributed by atoms with Gasteiger partial charge in [-0.2, -0.15) is 0 Å². The number of oxime groups is 1. The Balaban J connectivity index is 1.89. The number of nitrogens with zero attached hydrogens (tertiary/aromatic N) is 2. The number of nitrogens with two attached hydrogens (primary N) is 1. The third-order valence-corrected chi connectivity index (χ3v) is 2.58. The van der Waals surface area contributed by atoms with Gasteiger partial charge in [0.2, 0.25) is 5.88 Å². The first-order chi connectivity index (χ1) is 8.29. The lowest BCUT2D eigenvalue weighted by atomic mass is 10.2. The Labute approximate surface area is 99.0 Å². The molecule has 0 spiro atoms. The van der Waals surface area contributed by atoms with Crippen molar-refractivity contribution in [1.82, 2.24) is 4.98 Å². The largest absolute Gasteiger partial charge is 0.475 e. The van der Waals surface area contributed by atoms with E-state index in [-0.39, 0.29) is 11.9 Å². The number of hydrogen-bond donors (Lipinski definition) is 2. The minimum atomic E-state index is 0.0307. The van der Waals surface area contributed by atoms with Crippen LogP contribution < -0.4 is 10.5 Å². The topological polar surface area (TPSA) is 90.0 Å². The number of aromatic nitrogens is 1. The van der Waals surface area contributed by atoms with Crippen LogP contribution in [-0.4, -0.2) is 35.3 Å². The zero-order valence-electron chi connectivity index (χ0n) is 9.37. The van der Waals surface area contributed by atoms with Gasteiger partial charge in [0.05, 0.1) is 6.10 Å². The Bertz CT molecular complexity index is 385. The van der Waals surface area contributed by atoms with Crippen molar-refractivity contribution >= 4 is 5.84 Å². The van der Waals surface area contributed by atoms with Crippen molar-refractivity contribution < 1.29 is 14.7 Å². The molecule has 1 saturated heterocycles. The van der Waals surface area contributed by atoms with Gasteiger partial charge in [0.25, 0.3) is 0 Å². The molecule has 2 heterocycles. The Morgan fingerprint density at radius 2 is 2.53 bits per heavy atom. The fraction of sp³-hybridized carbons (Fsp3) is 0.455. The van der Waals surface area contributed by atoms with E-state index in [1.165, 1.54) is 6.20 Å². The molecule has 1 aromatic heterocycles. The summed E-state index contributed by atoms with van der Waals surface area (Å²) in [5.74, 6) is 0.540. The van der Waals surface area contributed by atoms with E-state index < -0.39 is 0 Å². The second kappa shape index (κ2) is 5.49. The fourth-order valence-corrected chi connectivity index (χ4v) is 1.63. The summed E-state index contributed by atoms with van der Waals surface area (Å²) in [5.41, 5.74) is 5.97. The maximum atomic E-state index is 8.49. The van der Waals surface area contributed by atoms with Gasteiger partial charge in [-0.05, 0) is 18.9 Å². The molecule has 0 aromatic carbocycles. The van der Waals surface area contributed by atoms with E-state index in [0.717, 1.165) is 19.4 Å². The monoisotopic (exact) mass is 237 g/mol. The molecule has 1 fully saturated rings. The van der Waals surface area contributed by atoms with Gasteiger partial charge in [-0.3, -0.25) is 0 Å². The minimum Gasteiger partial charge on any atom is -0.475 e. The lowest BCUT2D eigenvalue weighted by molar-refractivity contribution is 0.0663. The Kier molecular flexibility index (Phi) is 3.77. The van der Waals surface area contributed by atoms with Crippen molar-refractivity contribution in [2.75, 3.05) is 13.2 Å². The summed E-state index contributed by atoms with van der Waals surface area (Å²) < 4.78 is 10.9. The summed E-state index contributed by atoms with van der Waals surface area (Å²) in [7, 11) is 0. The average molecular weight is 237 g/mol. The summed E-state index contributed by atoms with van der Waals surface area (Å²) in [6.45, 7) is 1.32. The fourth-order valence-electron chi connectivity index (χ4n) is 1.63. The van der Waals surface area contributed by atoms with E-state index >= 15 is 0 Å². The van der Waals surface area contributed by atoms with Crippen LogP contribution in [0.2, 0.25) is 0 Å². The molecular formula is C11H15N3O3. The molecule has 0 amide bonds. The minimum absolute atomic E-state index is 0.0307. The summed E-state index contributed by atoms with van der Waals surface area (Å²) in [4.78, 5) is 4.06. The van der Waals surface area contributed by atoms with E-state index in [1.54, 1.807) is 12.1 Å². The van der Waals surface area contributed by atoms with Crippen LogP contribution in [0.5, 0.6) is 5.88 Å². The number of hydrogen-bond acceptors (Lipinski definition) is 5. The highest BCUT2D eigenvalue weighted by Crippen LogP contribution is 2.14. The smallest absolute Gasteiger partial charge is 0.213 e. The predicted octanol–water partition coefficient (Wildman–Crippen LogP) is 0.734. The van der Waals surface area contributed by atoms with Crippen molar-refractivity contribution in [3.63, 3.8) is 0 Å². The second-order valence-corrected chi connectivity index (χ2v) is 3.82. The van der Waals surface area contributed by atoms with Crippen molar-refractivity contribution in [2.45, 2.75) is 18.9 Å². The van der Waals surface area contributed by atoms with Crippen LogP contribution in [-0.2, 0) is 4.74 Å². The molecule has 1 atom stereocenters. The lowest BCUT2D eigenvalue weighted by Crippen LogP contribution is -2.17. The van der Waals surface area contributed by atoms with Crippen LogP contribution in [0.4, 0.5) is 0 Å². The maximum absolute atomic E-state index is 8.49. The molecule has 0 radical (unpaired) electrons.